The van der Waals surface area contributed by atoms with Crippen LogP contribution in [0.1, 0.15) is 51.1 Å². The van der Waals surface area contributed by atoms with Crippen molar-refractivity contribution in [3.8, 4) is 11.1 Å². The first-order chi connectivity index (χ1) is 21.2. The van der Waals surface area contributed by atoms with Gasteiger partial charge in [0, 0.05) is 29.5 Å². The molecule has 2 amide bonds. The summed E-state index contributed by atoms with van der Waals surface area (Å²) in [5.41, 5.74) is 16.9. The molecule has 6 N–H and O–H groups in total. The molecule has 10 nitrogen and oxygen atoms in total. The Bertz CT molecular complexity index is 1870. The fourth-order valence-corrected chi connectivity index (χ4v) is 6.43. The van der Waals surface area contributed by atoms with Gasteiger partial charge in [-0.05, 0) is 99.0 Å². The van der Waals surface area contributed by atoms with Gasteiger partial charge in [-0.15, -0.1) is 12.4 Å². The van der Waals surface area contributed by atoms with E-state index in [0.717, 1.165) is 58.8 Å². The summed E-state index contributed by atoms with van der Waals surface area (Å²) >= 11 is 0. The SMILES string of the molecule is CC(C)n1[nH]c2cc(-c3ccc(C[C@@H](C(N)=O)N(C(=O)C4CCC(CN)CC4)c4ccc5cn[nH]c5c4)cc3)ccc2c1=O.Cl. The van der Waals surface area contributed by atoms with Crippen LogP contribution < -0.4 is 21.9 Å². The van der Waals surface area contributed by atoms with Crippen molar-refractivity contribution in [2.75, 3.05) is 11.4 Å². The van der Waals surface area contributed by atoms with Crippen LogP contribution in [0.5, 0.6) is 0 Å². The first kappa shape index (κ1) is 32.0. The van der Waals surface area contributed by atoms with Gasteiger partial charge in [0.1, 0.15) is 6.04 Å². The van der Waals surface area contributed by atoms with Gasteiger partial charge in [0.2, 0.25) is 11.8 Å². The Balaban J connectivity index is 0.00000400. The minimum atomic E-state index is -0.877. The molecule has 5 aromatic rings. The first-order valence-corrected chi connectivity index (χ1v) is 15.3. The van der Waals surface area contributed by atoms with E-state index < -0.39 is 11.9 Å². The van der Waals surface area contributed by atoms with Crippen LogP contribution in [0.4, 0.5) is 5.69 Å². The van der Waals surface area contributed by atoms with Gasteiger partial charge in [-0.2, -0.15) is 5.10 Å². The molecule has 0 saturated heterocycles. The number of nitrogens with one attached hydrogen (secondary N) is 2. The van der Waals surface area contributed by atoms with Crippen LogP contribution in [-0.2, 0) is 16.0 Å². The van der Waals surface area contributed by atoms with Gasteiger partial charge in [-0.25, -0.2) is 4.68 Å². The maximum absolute atomic E-state index is 14.2. The summed E-state index contributed by atoms with van der Waals surface area (Å²) in [4.78, 5) is 41.5. The molecule has 236 valence electrons. The number of carbonyl (C=O) groups excluding carboxylic acids is 2. The van der Waals surface area contributed by atoms with Crippen molar-refractivity contribution in [2.24, 2.45) is 23.3 Å². The van der Waals surface area contributed by atoms with Crippen molar-refractivity contribution in [3.63, 3.8) is 0 Å². The minimum absolute atomic E-state index is 0. The first-order valence-electron chi connectivity index (χ1n) is 15.3. The summed E-state index contributed by atoms with van der Waals surface area (Å²) in [5.74, 6) is -0.427. The number of aromatic amines is 2. The van der Waals surface area contributed by atoms with Gasteiger partial charge in [0.15, 0.2) is 0 Å². The van der Waals surface area contributed by atoms with Crippen LogP contribution in [0.2, 0.25) is 0 Å². The van der Waals surface area contributed by atoms with E-state index in [2.05, 4.69) is 15.3 Å². The molecule has 2 aromatic heterocycles. The quantitative estimate of drug-likeness (QED) is 0.179. The van der Waals surface area contributed by atoms with Crippen molar-refractivity contribution >= 4 is 51.7 Å². The summed E-state index contributed by atoms with van der Waals surface area (Å²) in [6.07, 6.45) is 5.25. The van der Waals surface area contributed by atoms with E-state index in [-0.39, 0.29) is 42.3 Å². The standard InChI is InChI=1S/C34H39N7O3.ClH/c1-20(2)41-34(44)28-14-12-25(16-30(28)39-41)23-7-3-21(4-8-23)15-31(32(36)42)40(27-13-11-26-19-37-38-29(26)17-27)33(43)24-9-5-22(18-35)6-10-24;/h3-4,7-8,11-14,16-17,19-20,22,24,31,39H,5-6,9-10,15,18,35H2,1-2H3,(H2,36,42)(H,37,38);1H/t22?,24?,31-;/m0./s1. The Morgan fingerprint density at radius 1 is 0.978 bits per heavy atom. The van der Waals surface area contributed by atoms with Gasteiger partial charge < -0.3 is 11.5 Å². The van der Waals surface area contributed by atoms with Crippen LogP contribution >= 0.6 is 12.4 Å². The number of nitrogens with zero attached hydrogens (tertiary/aromatic N) is 3. The number of carbonyl (C=O) groups is 2. The van der Waals surface area contributed by atoms with Crippen LogP contribution in [0.25, 0.3) is 32.9 Å². The number of anilines is 1. The molecule has 0 spiro atoms. The number of aromatic nitrogens is 4. The topological polar surface area (TPSA) is 156 Å². The predicted octanol–water partition coefficient (Wildman–Crippen LogP) is 5.07. The number of nitrogens with two attached hydrogens (primary N) is 2. The number of hydrogen-bond donors (Lipinski definition) is 4. The lowest BCUT2D eigenvalue weighted by Crippen LogP contribution is -2.52. The number of hydrogen-bond acceptors (Lipinski definition) is 5. The van der Waals surface area contributed by atoms with E-state index in [9.17, 15) is 14.4 Å². The summed E-state index contributed by atoms with van der Waals surface area (Å²) < 4.78 is 1.63. The second-order valence-corrected chi connectivity index (χ2v) is 12.3. The molecule has 1 saturated carbocycles. The summed E-state index contributed by atoms with van der Waals surface area (Å²) in [5, 5.41) is 11.9. The number of halogens is 1. The highest BCUT2D eigenvalue weighted by molar-refractivity contribution is 6.03. The zero-order chi connectivity index (χ0) is 31.0. The molecule has 0 bridgehead atoms. The third kappa shape index (κ3) is 6.39. The van der Waals surface area contributed by atoms with Gasteiger partial charge in [-0.3, -0.25) is 29.5 Å². The lowest BCUT2D eigenvalue weighted by Gasteiger charge is -2.35. The van der Waals surface area contributed by atoms with Gasteiger partial charge in [-0.1, -0.05) is 30.3 Å². The number of fused-ring (bicyclic) bond motifs is 2. The third-order valence-electron chi connectivity index (χ3n) is 9.05. The highest BCUT2D eigenvalue weighted by Crippen LogP contribution is 2.33. The molecule has 1 aliphatic carbocycles. The molecule has 1 aliphatic rings. The molecular formula is C34H40ClN7O3. The van der Waals surface area contributed by atoms with Gasteiger partial charge in [0.05, 0.1) is 22.6 Å². The van der Waals surface area contributed by atoms with Crippen molar-refractivity contribution in [1.29, 1.82) is 0 Å². The average molecular weight is 630 g/mol. The molecule has 0 radical (unpaired) electrons. The summed E-state index contributed by atoms with van der Waals surface area (Å²) in [6.45, 7) is 4.55. The lowest BCUT2D eigenvalue weighted by atomic mass is 9.81. The molecule has 11 heteroatoms. The molecule has 3 aromatic carbocycles. The van der Waals surface area contributed by atoms with Crippen LogP contribution in [-0.4, -0.2) is 44.4 Å². The highest BCUT2D eigenvalue weighted by Gasteiger charge is 2.36. The molecule has 6 rings (SSSR count). The Morgan fingerprint density at radius 2 is 1.69 bits per heavy atom. The molecule has 1 atom stereocenters. The number of rotatable bonds is 9. The second kappa shape index (κ2) is 13.3. The Morgan fingerprint density at radius 3 is 2.36 bits per heavy atom. The Hall–Kier alpha value is -4.41. The largest absolute Gasteiger partial charge is 0.368 e. The Kier molecular flexibility index (Phi) is 9.45. The smallest absolute Gasteiger partial charge is 0.274 e. The van der Waals surface area contributed by atoms with E-state index in [1.165, 1.54) is 0 Å². The molecule has 45 heavy (non-hydrogen) atoms. The normalized spacial score (nSPS) is 17.3. The second-order valence-electron chi connectivity index (χ2n) is 12.3. The van der Waals surface area contributed by atoms with E-state index in [0.29, 0.717) is 23.5 Å². The number of amides is 2. The van der Waals surface area contributed by atoms with Crippen molar-refractivity contribution in [1.82, 2.24) is 20.0 Å². The maximum Gasteiger partial charge on any atom is 0.274 e. The molecule has 2 heterocycles. The van der Waals surface area contributed by atoms with Crippen molar-refractivity contribution in [3.05, 3.63) is 82.8 Å². The molecule has 0 unspecified atom stereocenters. The molecule has 1 fully saturated rings. The predicted molar refractivity (Wildman–Crippen MR) is 180 cm³/mol. The fraction of sp³-hybridized carbons (Fsp3) is 0.353. The Labute approximate surface area is 267 Å². The molecular weight excluding hydrogens is 590 g/mol. The minimum Gasteiger partial charge on any atom is -0.368 e. The van der Waals surface area contributed by atoms with E-state index in [4.69, 9.17) is 11.5 Å². The number of benzene rings is 3. The maximum atomic E-state index is 14.2. The van der Waals surface area contributed by atoms with E-state index >= 15 is 0 Å². The number of H-pyrrole nitrogens is 2. The van der Waals surface area contributed by atoms with E-state index in [1.807, 2.05) is 74.5 Å². The summed E-state index contributed by atoms with van der Waals surface area (Å²) in [7, 11) is 0. The lowest BCUT2D eigenvalue weighted by molar-refractivity contribution is -0.127. The van der Waals surface area contributed by atoms with Crippen molar-refractivity contribution in [2.45, 2.75) is 58.0 Å². The van der Waals surface area contributed by atoms with Gasteiger partial charge in [0.25, 0.3) is 5.56 Å². The zero-order valence-corrected chi connectivity index (χ0v) is 26.3. The number of primary amides is 1. The zero-order valence-electron chi connectivity index (χ0n) is 25.5. The van der Waals surface area contributed by atoms with E-state index in [1.54, 1.807) is 15.8 Å². The fourth-order valence-electron chi connectivity index (χ4n) is 6.43. The average Bonchev–Trinajstić information content (AvgIpc) is 3.64. The highest BCUT2D eigenvalue weighted by atomic mass is 35.5. The third-order valence-corrected chi connectivity index (χ3v) is 9.05. The van der Waals surface area contributed by atoms with Crippen molar-refractivity contribution < 1.29 is 9.59 Å². The van der Waals surface area contributed by atoms with Crippen LogP contribution in [0.15, 0.2) is 71.7 Å². The van der Waals surface area contributed by atoms with Crippen LogP contribution in [0, 0.1) is 11.8 Å². The van der Waals surface area contributed by atoms with Crippen LogP contribution in [0.3, 0.4) is 0 Å². The molecule has 0 aliphatic heterocycles. The van der Waals surface area contributed by atoms with Gasteiger partial charge >= 0.3 is 0 Å². The summed E-state index contributed by atoms with van der Waals surface area (Å²) in [6, 6.07) is 18.4. The monoisotopic (exact) mass is 629 g/mol.